The van der Waals surface area contributed by atoms with Crippen LogP contribution < -0.4 is 0 Å². The summed E-state index contributed by atoms with van der Waals surface area (Å²) in [6.07, 6.45) is 10.8. The summed E-state index contributed by atoms with van der Waals surface area (Å²) in [5.41, 5.74) is 1.34. The van der Waals surface area contributed by atoms with Crippen LogP contribution in [-0.4, -0.2) is 19.0 Å². The van der Waals surface area contributed by atoms with E-state index in [1.807, 2.05) is 6.92 Å². The lowest BCUT2D eigenvalue weighted by molar-refractivity contribution is 0.0729. The molecule has 0 radical (unpaired) electrons. The fourth-order valence-corrected chi connectivity index (χ4v) is 1.45. The molecule has 2 unspecified atom stereocenters. The Labute approximate surface area is 86.3 Å². The monoisotopic (exact) mass is 194 g/mol. The van der Waals surface area contributed by atoms with Crippen molar-refractivity contribution >= 4 is 0 Å². The van der Waals surface area contributed by atoms with Gasteiger partial charge in [0.2, 0.25) is 0 Å². The number of allylic oxidation sites excluding steroid dienone is 1. The van der Waals surface area contributed by atoms with Gasteiger partial charge in [0.15, 0.2) is 6.29 Å². The Kier molecular flexibility index (Phi) is 4.72. The molecule has 0 amide bonds. The molecule has 1 rings (SSSR count). The zero-order chi connectivity index (χ0) is 10.4. The molecule has 1 fully saturated rings. The summed E-state index contributed by atoms with van der Waals surface area (Å²) in [7, 11) is 0. The summed E-state index contributed by atoms with van der Waals surface area (Å²) >= 11 is 0. The Hall–Kier alpha value is -0.780. The van der Waals surface area contributed by atoms with Crippen LogP contribution in [0.1, 0.15) is 33.1 Å². The van der Waals surface area contributed by atoms with E-state index in [0.29, 0.717) is 6.61 Å². The molecule has 0 aromatic carbocycles. The summed E-state index contributed by atoms with van der Waals surface area (Å²) in [4.78, 5) is 0. The molecule has 0 aromatic heterocycles. The van der Waals surface area contributed by atoms with Crippen molar-refractivity contribution in [2.45, 2.75) is 45.5 Å². The highest BCUT2D eigenvalue weighted by molar-refractivity contribution is 5.14. The SMILES string of the molecule is C#CCOC1OC1C(=CC)CCCC. The van der Waals surface area contributed by atoms with Gasteiger partial charge in [0.1, 0.15) is 12.7 Å². The Morgan fingerprint density at radius 2 is 2.43 bits per heavy atom. The predicted molar refractivity (Wildman–Crippen MR) is 56.7 cm³/mol. The van der Waals surface area contributed by atoms with Crippen molar-refractivity contribution < 1.29 is 9.47 Å². The lowest BCUT2D eigenvalue weighted by Crippen LogP contribution is -2.03. The van der Waals surface area contributed by atoms with Gasteiger partial charge >= 0.3 is 0 Å². The van der Waals surface area contributed by atoms with Crippen molar-refractivity contribution in [3.05, 3.63) is 11.6 Å². The standard InChI is InChI=1S/C12H18O2/c1-4-7-8-10(6-3)11-12(14-11)13-9-5-2/h2,6,11-12H,4,7-9H2,1,3H3. The molecule has 78 valence electrons. The minimum absolute atomic E-state index is 0.0888. The number of epoxide rings is 1. The lowest BCUT2D eigenvalue weighted by Gasteiger charge is -2.01. The highest BCUT2D eigenvalue weighted by atomic mass is 16.8. The lowest BCUT2D eigenvalue weighted by atomic mass is 10.1. The topological polar surface area (TPSA) is 21.8 Å². The molecule has 0 aromatic rings. The number of rotatable bonds is 6. The van der Waals surface area contributed by atoms with Gasteiger partial charge in [-0.1, -0.05) is 25.3 Å². The average Bonchev–Trinajstić information content (AvgIpc) is 2.96. The van der Waals surface area contributed by atoms with E-state index >= 15 is 0 Å². The van der Waals surface area contributed by atoms with E-state index in [-0.39, 0.29) is 12.4 Å². The van der Waals surface area contributed by atoms with E-state index in [0.717, 1.165) is 6.42 Å². The molecule has 2 heteroatoms. The average molecular weight is 194 g/mol. The number of ether oxygens (including phenoxy) is 2. The van der Waals surface area contributed by atoms with Gasteiger partial charge in [-0.2, -0.15) is 0 Å². The number of terminal acetylenes is 1. The van der Waals surface area contributed by atoms with Crippen molar-refractivity contribution in [3.8, 4) is 12.3 Å². The summed E-state index contributed by atoms with van der Waals surface area (Å²) < 4.78 is 10.7. The van der Waals surface area contributed by atoms with E-state index in [1.165, 1.54) is 18.4 Å². The molecule has 0 spiro atoms. The van der Waals surface area contributed by atoms with Gasteiger partial charge in [-0.05, 0) is 25.3 Å². The second-order valence-electron chi connectivity index (χ2n) is 3.41. The largest absolute Gasteiger partial charge is 0.337 e. The van der Waals surface area contributed by atoms with Gasteiger partial charge in [0, 0.05) is 0 Å². The molecule has 0 bridgehead atoms. The third-order valence-corrected chi connectivity index (χ3v) is 2.34. The molecular formula is C12H18O2. The smallest absolute Gasteiger partial charge is 0.189 e. The number of hydrogen-bond donors (Lipinski definition) is 0. The van der Waals surface area contributed by atoms with E-state index in [2.05, 4.69) is 18.9 Å². The quantitative estimate of drug-likeness (QED) is 0.368. The second kappa shape index (κ2) is 5.85. The van der Waals surface area contributed by atoms with Crippen LogP contribution in [0.25, 0.3) is 0 Å². The Bertz CT molecular complexity index is 237. The van der Waals surface area contributed by atoms with Crippen LogP contribution in [0, 0.1) is 12.3 Å². The molecule has 0 aliphatic carbocycles. The zero-order valence-electron chi connectivity index (χ0n) is 8.95. The fourth-order valence-electron chi connectivity index (χ4n) is 1.45. The van der Waals surface area contributed by atoms with Crippen LogP contribution in [-0.2, 0) is 9.47 Å². The molecule has 2 atom stereocenters. The summed E-state index contributed by atoms with van der Waals surface area (Å²) in [5.74, 6) is 2.44. The first-order valence-electron chi connectivity index (χ1n) is 5.19. The molecule has 1 aliphatic heterocycles. The molecular weight excluding hydrogens is 176 g/mol. The fraction of sp³-hybridized carbons (Fsp3) is 0.667. The Morgan fingerprint density at radius 3 is 3.00 bits per heavy atom. The maximum Gasteiger partial charge on any atom is 0.189 e. The number of hydrogen-bond acceptors (Lipinski definition) is 2. The van der Waals surface area contributed by atoms with E-state index in [1.54, 1.807) is 0 Å². The third kappa shape index (κ3) is 3.17. The predicted octanol–water partition coefficient (Wildman–Crippen LogP) is 2.50. The van der Waals surface area contributed by atoms with Gasteiger partial charge in [-0.3, -0.25) is 0 Å². The first-order chi connectivity index (χ1) is 6.83. The van der Waals surface area contributed by atoms with Gasteiger partial charge in [0.05, 0.1) is 0 Å². The summed E-state index contributed by atoms with van der Waals surface area (Å²) in [5, 5.41) is 0. The molecule has 1 saturated heterocycles. The van der Waals surface area contributed by atoms with Crippen LogP contribution in [0.5, 0.6) is 0 Å². The van der Waals surface area contributed by atoms with Crippen LogP contribution in [0.15, 0.2) is 11.6 Å². The molecule has 0 N–H and O–H groups in total. The van der Waals surface area contributed by atoms with E-state index < -0.39 is 0 Å². The van der Waals surface area contributed by atoms with Crippen LogP contribution in [0.3, 0.4) is 0 Å². The van der Waals surface area contributed by atoms with Crippen LogP contribution in [0.2, 0.25) is 0 Å². The minimum atomic E-state index is -0.0888. The number of unbranched alkanes of at least 4 members (excludes halogenated alkanes) is 1. The Balaban J connectivity index is 2.26. The van der Waals surface area contributed by atoms with Crippen molar-refractivity contribution in [1.29, 1.82) is 0 Å². The molecule has 1 heterocycles. The van der Waals surface area contributed by atoms with Gasteiger partial charge in [-0.15, -0.1) is 6.42 Å². The van der Waals surface area contributed by atoms with Crippen LogP contribution >= 0.6 is 0 Å². The highest BCUT2D eigenvalue weighted by Crippen LogP contribution is 2.32. The molecule has 2 nitrogen and oxygen atoms in total. The van der Waals surface area contributed by atoms with Crippen molar-refractivity contribution in [1.82, 2.24) is 0 Å². The minimum Gasteiger partial charge on any atom is -0.337 e. The zero-order valence-corrected chi connectivity index (χ0v) is 8.95. The van der Waals surface area contributed by atoms with Crippen molar-refractivity contribution in [2.24, 2.45) is 0 Å². The molecule has 14 heavy (non-hydrogen) atoms. The normalized spacial score (nSPS) is 25.9. The third-order valence-electron chi connectivity index (χ3n) is 2.34. The van der Waals surface area contributed by atoms with Gasteiger partial charge in [0.25, 0.3) is 0 Å². The molecule has 1 aliphatic rings. The summed E-state index contributed by atoms with van der Waals surface area (Å²) in [6.45, 7) is 4.57. The molecule has 0 saturated carbocycles. The van der Waals surface area contributed by atoms with Gasteiger partial charge < -0.3 is 9.47 Å². The van der Waals surface area contributed by atoms with Crippen molar-refractivity contribution in [3.63, 3.8) is 0 Å². The van der Waals surface area contributed by atoms with E-state index in [9.17, 15) is 0 Å². The summed E-state index contributed by atoms with van der Waals surface area (Å²) in [6, 6.07) is 0. The van der Waals surface area contributed by atoms with E-state index in [4.69, 9.17) is 15.9 Å². The van der Waals surface area contributed by atoms with Crippen LogP contribution in [0.4, 0.5) is 0 Å². The Morgan fingerprint density at radius 1 is 1.64 bits per heavy atom. The van der Waals surface area contributed by atoms with Gasteiger partial charge in [-0.25, -0.2) is 0 Å². The maximum absolute atomic E-state index is 5.38. The maximum atomic E-state index is 5.38. The highest BCUT2D eigenvalue weighted by Gasteiger charge is 2.41. The van der Waals surface area contributed by atoms with Crippen molar-refractivity contribution in [2.75, 3.05) is 6.61 Å². The first kappa shape index (κ1) is 11.3. The second-order valence-corrected chi connectivity index (χ2v) is 3.41. The first-order valence-corrected chi connectivity index (χ1v) is 5.19.